The highest BCUT2D eigenvalue weighted by atomic mass is 16.3. The fourth-order valence-corrected chi connectivity index (χ4v) is 4.34. The van der Waals surface area contributed by atoms with Crippen molar-refractivity contribution in [1.29, 1.82) is 0 Å². The largest absolute Gasteiger partial charge is 0.456 e. The highest BCUT2D eigenvalue weighted by molar-refractivity contribution is 6.15. The maximum absolute atomic E-state index is 8.60. The number of pyridine rings is 1. The zero-order chi connectivity index (χ0) is 25.8. The third kappa shape index (κ3) is 3.08. The molecule has 0 aliphatic carbocycles. The van der Waals surface area contributed by atoms with Crippen LogP contribution in [0.25, 0.3) is 49.2 Å². The van der Waals surface area contributed by atoms with E-state index in [2.05, 4.69) is 4.85 Å². The minimum Gasteiger partial charge on any atom is -0.456 e. The molecule has 0 N–H and O–H groups in total. The topological polar surface area (TPSA) is 21.4 Å². The Labute approximate surface area is 194 Å². The van der Waals surface area contributed by atoms with Gasteiger partial charge in [-0.1, -0.05) is 68.4 Å². The van der Waals surface area contributed by atoms with Crippen molar-refractivity contribution in [2.24, 2.45) is 7.05 Å². The van der Waals surface area contributed by atoms with E-state index in [1.807, 2.05) is 73.1 Å². The number of furan rings is 1. The van der Waals surface area contributed by atoms with Gasteiger partial charge in [-0.2, -0.15) is 0 Å². The van der Waals surface area contributed by atoms with Crippen LogP contribution in [0.4, 0.5) is 5.69 Å². The van der Waals surface area contributed by atoms with Gasteiger partial charge in [0.05, 0.1) is 12.1 Å². The summed E-state index contributed by atoms with van der Waals surface area (Å²) in [6.45, 7) is 8.66. The van der Waals surface area contributed by atoms with Crippen molar-refractivity contribution in [2.75, 3.05) is 0 Å². The quantitative estimate of drug-likeness (QED) is 0.216. The van der Waals surface area contributed by atoms with Crippen molar-refractivity contribution < 1.29 is 14.5 Å². The van der Waals surface area contributed by atoms with E-state index in [0.717, 1.165) is 38.7 Å². The van der Waals surface area contributed by atoms with E-state index in [4.69, 9.17) is 16.5 Å². The lowest BCUT2D eigenvalue weighted by molar-refractivity contribution is -0.660. The highest BCUT2D eigenvalue weighted by Crippen LogP contribution is 2.44. The Bertz CT molecular complexity index is 1680. The van der Waals surface area contributed by atoms with Crippen LogP contribution in [-0.4, -0.2) is 0 Å². The van der Waals surface area contributed by atoms with Crippen molar-refractivity contribution in [3.8, 4) is 22.4 Å². The van der Waals surface area contributed by atoms with Crippen molar-refractivity contribution in [3.05, 3.63) is 95.5 Å². The molecule has 0 aliphatic heterocycles. The number of hydrogen-bond acceptors (Lipinski definition) is 1. The molecule has 0 amide bonds. The van der Waals surface area contributed by atoms with Crippen LogP contribution in [0.5, 0.6) is 0 Å². The molecule has 2 aromatic heterocycles. The summed E-state index contributed by atoms with van der Waals surface area (Å²) in [5, 5.41) is 1.82. The van der Waals surface area contributed by atoms with Crippen molar-refractivity contribution in [3.63, 3.8) is 0 Å². The molecule has 0 aliphatic rings. The third-order valence-electron chi connectivity index (χ3n) is 6.02. The molecule has 32 heavy (non-hydrogen) atoms. The van der Waals surface area contributed by atoms with Gasteiger partial charge in [-0.15, -0.1) is 0 Å². The lowest BCUT2D eigenvalue weighted by atomic mass is 9.96. The van der Waals surface area contributed by atoms with E-state index >= 15 is 0 Å². The van der Waals surface area contributed by atoms with Gasteiger partial charge >= 0.3 is 0 Å². The second kappa shape index (κ2) is 7.66. The number of fused-ring (bicyclic) bond motifs is 3. The fourth-order valence-electron chi connectivity index (χ4n) is 4.34. The fraction of sp³-hybridized carbons (Fsp3) is 0.172. The van der Waals surface area contributed by atoms with Gasteiger partial charge in [-0.3, -0.25) is 0 Å². The smallest absolute Gasteiger partial charge is 0.216 e. The molecule has 3 heteroatoms. The molecule has 0 saturated heterocycles. The van der Waals surface area contributed by atoms with Crippen molar-refractivity contribution in [1.82, 2.24) is 0 Å². The van der Waals surface area contributed by atoms with Crippen LogP contribution in [-0.2, 0) is 7.05 Å². The summed E-state index contributed by atoms with van der Waals surface area (Å²) in [5.41, 5.74) is 6.43. The van der Waals surface area contributed by atoms with E-state index in [-0.39, 0.29) is 0 Å². The van der Waals surface area contributed by atoms with Crippen LogP contribution >= 0.6 is 0 Å². The standard InChI is InChI=1S/C29H25N2O/c1-18(2)21-15-16-31(5)25(17-21)26-19(3)11-12-22-23-13-14-24(30-4)27(29(23)32-28(22)26)20-9-7-6-8-10-20/h6-18H,1-3,5H3/q+1/i1D3,18D. The van der Waals surface area contributed by atoms with Crippen LogP contribution in [0.15, 0.2) is 77.3 Å². The van der Waals surface area contributed by atoms with Gasteiger partial charge < -0.3 is 4.42 Å². The van der Waals surface area contributed by atoms with Gasteiger partial charge in [-0.05, 0) is 29.5 Å². The number of benzene rings is 3. The Hall–Kier alpha value is -3.90. The molecule has 0 saturated carbocycles. The summed E-state index contributed by atoms with van der Waals surface area (Å²) in [7, 11) is 1.89. The van der Waals surface area contributed by atoms with Crippen molar-refractivity contribution in [2.45, 2.75) is 26.6 Å². The average molecular weight is 422 g/mol. The van der Waals surface area contributed by atoms with E-state index in [1.165, 1.54) is 6.92 Å². The number of aryl methyl sites for hydroxylation is 2. The molecular weight excluding hydrogens is 392 g/mol. The molecule has 1 unspecified atom stereocenters. The van der Waals surface area contributed by atoms with Gasteiger partial charge in [0, 0.05) is 34.0 Å². The van der Waals surface area contributed by atoms with Gasteiger partial charge in [-0.25, -0.2) is 9.41 Å². The first-order valence-corrected chi connectivity index (χ1v) is 10.5. The number of hydrogen-bond donors (Lipinski definition) is 0. The Balaban J connectivity index is 1.85. The van der Waals surface area contributed by atoms with Gasteiger partial charge in [0.25, 0.3) is 0 Å². The van der Waals surface area contributed by atoms with E-state index in [9.17, 15) is 0 Å². The molecule has 3 aromatic carbocycles. The maximum atomic E-state index is 8.60. The first-order chi connectivity index (χ1) is 17.0. The van der Waals surface area contributed by atoms with E-state index in [1.54, 1.807) is 18.3 Å². The molecular formula is C29H25N2O+. The van der Waals surface area contributed by atoms with E-state index < -0.39 is 12.7 Å². The summed E-state index contributed by atoms with van der Waals surface area (Å²) in [4.78, 5) is 3.75. The van der Waals surface area contributed by atoms with Gasteiger partial charge in [0.2, 0.25) is 5.69 Å². The van der Waals surface area contributed by atoms with E-state index in [0.29, 0.717) is 22.4 Å². The molecule has 0 radical (unpaired) electrons. The Morgan fingerprint density at radius 3 is 2.44 bits per heavy atom. The molecule has 0 spiro atoms. The lowest BCUT2D eigenvalue weighted by Crippen LogP contribution is -2.31. The minimum atomic E-state index is -2.48. The predicted molar refractivity (Wildman–Crippen MR) is 131 cm³/mol. The van der Waals surface area contributed by atoms with Crippen LogP contribution in [0, 0.1) is 13.5 Å². The zero-order valence-corrected chi connectivity index (χ0v) is 18.2. The highest BCUT2D eigenvalue weighted by Gasteiger charge is 2.23. The van der Waals surface area contributed by atoms with Gasteiger partial charge in [0.15, 0.2) is 11.9 Å². The minimum absolute atomic E-state index is 0.406. The van der Waals surface area contributed by atoms with Crippen molar-refractivity contribution >= 4 is 27.6 Å². The lowest BCUT2D eigenvalue weighted by Gasteiger charge is -2.09. The van der Waals surface area contributed by atoms with Gasteiger partial charge in [0.1, 0.15) is 18.2 Å². The molecule has 5 rings (SSSR count). The second-order valence-electron chi connectivity index (χ2n) is 8.09. The molecule has 156 valence electrons. The average Bonchev–Trinajstić information content (AvgIpc) is 3.22. The predicted octanol–water partition coefficient (Wildman–Crippen LogP) is 7.73. The van der Waals surface area contributed by atoms with Crippen LogP contribution in [0.2, 0.25) is 0 Å². The molecule has 0 fully saturated rings. The first-order valence-electron chi connectivity index (χ1n) is 12.5. The number of rotatable bonds is 3. The molecule has 1 atom stereocenters. The zero-order valence-electron chi connectivity index (χ0n) is 22.2. The SMILES string of the molecule is [2H]C([2H])([2H])C([2H])(C)c1cc[n+](C)c(-c2c(C)ccc3c2oc2c(-c4ccccc4)c([N+]#[C-])ccc23)c1. The summed E-state index contributed by atoms with van der Waals surface area (Å²) >= 11 is 0. The van der Waals surface area contributed by atoms with Crippen LogP contribution in [0.3, 0.4) is 0 Å². The maximum Gasteiger partial charge on any atom is 0.216 e. The number of nitrogens with zero attached hydrogens (tertiary/aromatic N) is 2. The first kappa shape index (κ1) is 15.8. The summed E-state index contributed by atoms with van der Waals surface area (Å²) in [6.07, 6.45) is 1.79. The second-order valence-corrected chi connectivity index (χ2v) is 8.09. The Morgan fingerprint density at radius 1 is 1.00 bits per heavy atom. The summed E-state index contributed by atoms with van der Waals surface area (Å²) < 4.78 is 40.8. The monoisotopic (exact) mass is 421 g/mol. The third-order valence-corrected chi connectivity index (χ3v) is 6.02. The van der Waals surface area contributed by atoms with Crippen LogP contribution < -0.4 is 4.57 Å². The molecule has 2 heterocycles. The summed E-state index contributed by atoms with van der Waals surface area (Å²) in [5.74, 6) is -1.77. The molecule has 3 nitrogen and oxygen atoms in total. The molecule has 5 aromatic rings. The molecule has 0 bridgehead atoms. The van der Waals surface area contributed by atoms with Crippen LogP contribution in [0.1, 0.15) is 36.3 Å². The summed E-state index contributed by atoms with van der Waals surface area (Å²) in [6, 6.07) is 21.0. The number of aromatic nitrogens is 1. The Morgan fingerprint density at radius 2 is 1.72 bits per heavy atom. The Kier molecular flexibility index (Phi) is 3.79. The normalized spacial score (nSPS) is 15.4.